The number of hydrogen-bond donors (Lipinski definition) is 1. The minimum absolute atomic E-state index is 0.216. The molecule has 1 aliphatic carbocycles. The summed E-state index contributed by atoms with van der Waals surface area (Å²) in [6, 6.07) is 11.4. The number of amides is 2. The molecule has 6 nitrogen and oxygen atoms in total. The van der Waals surface area contributed by atoms with E-state index < -0.39 is 0 Å². The van der Waals surface area contributed by atoms with E-state index in [1.165, 1.54) is 11.6 Å². The van der Waals surface area contributed by atoms with Crippen LogP contribution in [0.1, 0.15) is 29.5 Å². The van der Waals surface area contributed by atoms with Crippen LogP contribution in [-0.2, 0) is 22.6 Å². The Labute approximate surface area is 176 Å². The van der Waals surface area contributed by atoms with Gasteiger partial charge in [-0.3, -0.25) is 9.59 Å². The molecule has 2 aliphatic rings. The third-order valence-electron chi connectivity index (χ3n) is 5.56. The van der Waals surface area contributed by atoms with Crippen LogP contribution < -0.4 is 14.8 Å². The first-order valence-corrected chi connectivity index (χ1v) is 10.2. The molecule has 0 radical (unpaired) electrons. The Morgan fingerprint density at radius 1 is 1.03 bits per heavy atom. The second-order valence-electron chi connectivity index (χ2n) is 7.70. The molecule has 1 saturated carbocycles. The first-order chi connectivity index (χ1) is 14.6. The van der Waals surface area contributed by atoms with E-state index in [-0.39, 0.29) is 17.7 Å². The van der Waals surface area contributed by atoms with Crippen molar-refractivity contribution in [1.82, 2.24) is 4.90 Å². The van der Waals surface area contributed by atoms with Crippen molar-refractivity contribution in [2.75, 3.05) is 26.1 Å². The Morgan fingerprint density at radius 2 is 1.83 bits per heavy atom. The molecular weight excluding hydrogens is 380 g/mol. The zero-order valence-electron chi connectivity index (χ0n) is 17.3. The van der Waals surface area contributed by atoms with Gasteiger partial charge >= 0.3 is 0 Å². The third-order valence-corrected chi connectivity index (χ3v) is 5.56. The Balaban J connectivity index is 1.41. The number of benzene rings is 2. The summed E-state index contributed by atoms with van der Waals surface area (Å²) in [6.45, 7) is 1.40. The number of rotatable bonds is 6. The quantitative estimate of drug-likeness (QED) is 0.744. The lowest BCUT2D eigenvalue weighted by Crippen LogP contribution is -2.36. The molecule has 156 valence electrons. The minimum Gasteiger partial charge on any atom is -0.493 e. The van der Waals surface area contributed by atoms with Gasteiger partial charge in [-0.25, -0.2) is 0 Å². The molecule has 6 heteroatoms. The highest BCUT2D eigenvalue weighted by molar-refractivity contribution is 6.02. The topological polar surface area (TPSA) is 67.9 Å². The first-order valence-electron chi connectivity index (χ1n) is 10.2. The molecule has 0 bridgehead atoms. The molecule has 1 N–H and O–H groups in total. The number of carbonyl (C=O) groups is 2. The second-order valence-corrected chi connectivity index (χ2v) is 7.70. The fraction of sp³-hybridized carbons (Fsp3) is 0.333. The van der Waals surface area contributed by atoms with Gasteiger partial charge in [-0.2, -0.15) is 0 Å². The maximum atomic E-state index is 12.4. The summed E-state index contributed by atoms with van der Waals surface area (Å²) >= 11 is 0. The number of carbonyl (C=O) groups excluding carboxylic acids is 2. The molecule has 2 aromatic carbocycles. The summed E-state index contributed by atoms with van der Waals surface area (Å²) in [4.78, 5) is 26.7. The van der Waals surface area contributed by atoms with E-state index in [4.69, 9.17) is 9.47 Å². The molecule has 0 saturated heterocycles. The highest BCUT2D eigenvalue weighted by Crippen LogP contribution is 2.33. The lowest BCUT2D eigenvalue weighted by atomic mass is 9.98. The largest absolute Gasteiger partial charge is 0.493 e. The SMILES string of the molecule is COc1ccc(/C=C/C(=O)Nc2ccc3c(c2)CN(C(=O)C2CC2)CC3)cc1OC. The fourth-order valence-electron chi connectivity index (χ4n) is 3.72. The number of nitrogens with one attached hydrogen (secondary N) is 1. The molecule has 1 aliphatic heterocycles. The summed E-state index contributed by atoms with van der Waals surface area (Å²) in [5.74, 6) is 1.54. The van der Waals surface area contributed by atoms with Crippen molar-refractivity contribution in [1.29, 1.82) is 0 Å². The van der Waals surface area contributed by atoms with Crippen LogP contribution in [0.3, 0.4) is 0 Å². The molecule has 0 spiro atoms. The highest BCUT2D eigenvalue weighted by Gasteiger charge is 2.34. The van der Waals surface area contributed by atoms with Crippen LogP contribution in [0.5, 0.6) is 11.5 Å². The predicted molar refractivity (Wildman–Crippen MR) is 115 cm³/mol. The monoisotopic (exact) mass is 406 g/mol. The van der Waals surface area contributed by atoms with Crippen LogP contribution in [0.15, 0.2) is 42.5 Å². The van der Waals surface area contributed by atoms with Gasteiger partial charge in [0.05, 0.1) is 14.2 Å². The zero-order valence-corrected chi connectivity index (χ0v) is 17.3. The van der Waals surface area contributed by atoms with Crippen molar-refractivity contribution in [3.63, 3.8) is 0 Å². The van der Waals surface area contributed by atoms with Gasteiger partial charge in [-0.1, -0.05) is 12.1 Å². The van der Waals surface area contributed by atoms with Gasteiger partial charge in [0, 0.05) is 30.8 Å². The van der Waals surface area contributed by atoms with Gasteiger partial charge in [-0.15, -0.1) is 0 Å². The van der Waals surface area contributed by atoms with Crippen LogP contribution in [-0.4, -0.2) is 37.5 Å². The van der Waals surface area contributed by atoms with Crippen LogP contribution in [0, 0.1) is 5.92 Å². The van der Waals surface area contributed by atoms with Crippen molar-refractivity contribution in [3.05, 3.63) is 59.2 Å². The molecule has 0 aromatic heterocycles. The van der Waals surface area contributed by atoms with Gasteiger partial charge in [-0.05, 0) is 66.3 Å². The van der Waals surface area contributed by atoms with Gasteiger partial charge in [0.2, 0.25) is 11.8 Å². The molecule has 0 unspecified atom stereocenters. The number of anilines is 1. The van der Waals surface area contributed by atoms with Crippen molar-refractivity contribution in [3.8, 4) is 11.5 Å². The lowest BCUT2D eigenvalue weighted by molar-refractivity contribution is -0.133. The zero-order chi connectivity index (χ0) is 21.1. The maximum Gasteiger partial charge on any atom is 0.248 e. The van der Waals surface area contributed by atoms with Crippen LogP contribution >= 0.6 is 0 Å². The van der Waals surface area contributed by atoms with Gasteiger partial charge in [0.1, 0.15) is 0 Å². The van der Waals surface area contributed by atoms with Crippen molar-refractivity contribution < 1.29 is 19.1 Å². The Kier molecular flexibility index (Phi) is 5.74. The van der Waals surface area contributed by atoms with Gasteiger partial charge in [0.25, 0.3) is 0 Å². The molecule has 4 rings (SSSR count). The minimum atomic E-state index is -0.216. The first kappa shape index (κ1) is 20.0. The van der Waals surface area contributed by atoms with Crippen molar-refractivity contribution in [2.45, 2.75) is 25.8 Å². The van der Waals surface area contributed by atoms with E-state index in [1.54, 1.807) is 26.4 Å². The van der Waals surface area contributed by atoms with E-state index in [9.17, 15) is 9.59 Å². The second kappa shape index (κ2) is 8.61. The highest BCUT2D eigenvalue weighted by atomic mass is 16.5. The van der Waals surface area contributed by atoms with Crippen molar-refractivity contribution >= 4 is 23.6 Å². The normalized spacial score (nSPS) is 15.6. The van der Waals surface area contributed by atoms with Crippen molar-refractivity contribution in [2.24, 2.45) is 5.92 Å². The number of nitrogens with zero attached hydrogens (tertiary/aromatic N) is 1. The molecule has 0 atom stereocenters. The predicted octanol–water partition coefficient (Wildman–Crippen LogP) is 3.65. The average Bonchev–Trinajstić information content (AvgIpc) is 3.62. The molecule has 30 heavy (non-hydrogen) atoms. The smallest absolute Gasteiger partial charge is 0.248 e. The number of ether oxygens (including phenoxy) is 2. The summed E-state index contributed by atoms with van der Waals surface area (Å²) < 4.78 is 10.5. The van der Waals surface area contributed by atoms with E-state index in [0.717, 1.165) is 42.6 Å². The summed E-state index contributed by atoms with van der Waals surface area (Å²) in [7, 11) is 3.16. The third kappa shape index (κ3) is 4.48. The van der Waals surface area contributed by atoms with E-state index in [2.05, 4.69) is 5.32 Å². The summed E-state index contributed by atoms with van der Waals surface area (Å²) in [6.07, 6.45) is 6.12. The summed E-state index contributed by atoms with van der Waals surface area (Å²) in [5, 5.41) is 2.91. The van der Waals surface area contributed by atoms with E-state index in [1.807, 2.05) is 35.2 Å². The average molecular weight is 406 g/mol. The Hall–Kier alpha value is -3.28. The van der Waals surface area contributed by atoms with E-state index in [0.29, 0.717) is 18.0 Å². The molecule has 2 amide bonds. The molecule has 2 aromatic rings. The molecule has 1 fully saturated rings. The van der Waals surface area contributed by atoms with Gasteiger partial charge < -0.3 is 19.7 Å². The number of hydrogen-bond acceptors (Lipinski definition) is 4. The summed E-state index contributed by atoms with van der Waals surface area (Å²) in [5.41, 5.74) is 3.92. The maximum absolute atomic E-state index is 12.4. The Morgan fingerprint density at radius 3 is 2.57 bits per heavy atom. The fourth-order valence-corrected chi connectivity index (χ4v) is 3.72. The molecule has 1 heterocycles. The number of methoxy groups -OCH3 is 2. The van der Waals surface area contributed by atoms with Crippen LogP contribution in [0.25, 0.3) is 6.08 Å². The van der Waals surface area contributed by atoms with Crippen LogP contribution in [0.2, 0.25) is 0 Å². The Bertz CT molecular complexity index is 995. The lowest BCUT2D eigenvalue weighted by Gasteiger charge is -2.29. The van der Waals surface area contributed by atoms with Crippen LogP contribution in [0.4, 0.5) is 5.69 Å². The van der Waals surface area contributed by atoms with Gasteiger partial charge in [0.15, 0.2) is 11.5 Å². The standard InChI is InChI=1S/C24H26N2O4/c1-29-21-9-3-16(13-22(21)30-2)4-10-23(27)25-20-8-7-17-11-12-26(15-19(17)14-20)24(28)18-5-6-18/h3-4,7-10,13-14,18H,5-6,11-12,15H2,1-2H3,(H,25,27)/b10-4+. The number of fused-ring (bicyclic) bond motifs is 1. The van der Waals surface area contributed by atoms with E-state index >= 15 is 0 Å². The molecular formula is C24H26N2O4.